The molecule has 0 spiro atoms. The lowest BCUT2D eigenvalue weighted by atomic mass is 10.1. The van der Waals surface area contributed by atoms with E-state index in [-0.39, 0.29) is 27.8 Å². The van der Waals surface area contributed by atoms with Gasteiger partial charge in [-0.15, -0.1) is 0 Å². The summed E-state index contributed by atoms with van der Waals surface area (Å²) in [5.41, 5.74) is -1.03. The molecule has 0 aliphatic heterocycles. The summed E-state index contributed by atoms with van der Waals surface area (Å²) in [6.45, 7) is 0. The Hall–Kier alpha value is -3.23. The standard InChI is InChI=1S/C17H9F4N3O2/c1-24-14-10(18)6-9-11(25)7-12(8-2-4-22-5-3-8)26-15(9)13(14)23-16(24)17(19,20)21/h2-7H,1H3. The number of hydrogen-bond donors (Lipinski definition) is 0. The van der Waals surface area contributed by atoms with E-state index >= 15 is 0 Å². The van der Waals surface area contributed by atoms with Gasteiger partial charge in [0.2, 0.25) is 5.82 Å². The van der Waals surface area contributed by atoms with Crippen molar-refractivity contribution in [3.63, 3.8) is 0 Å². The third-order valence-corrected chi connectivity index (χ3v) is 4.01. The van der Waals surface area contributed by atoms with Gasteiger partial charge in [0.1, 0.15) is 22.6 Å². The Kier molecular flexibility index (Phi) is 3.36. The van der Waals surface area contributed by atoms with E-state index in [0.29, 0.717) is 10.1 Å². The molecule has 0 N–H and O–H groups in total. The second-order valence-corrected chi connectivity index (χ2v) is 5.64. The maximum Gasteiger partial charge on any atom is 0.449 e. The van der Waals surface area contributed by atoms with E-state index in [0.717, 1.165) is 19.2 Å². The van der Waals surface area contributed by atoms with Crippen molar-refractivity contribution in [2.45, 2.75) is 6.18 Å². The van der Waals surface area contributed by atoms with Crippen LogP contribution in [0, 0.1) is 5.82 Å². The molecule has 0 bridgehead atoms. The summed E-state index contributed by atoms with van der Waals surface area (Å²) >= 11 is 0. The van der Waals surface area contributed by atoms with Crippen LogP contribution in [0.2, 0.25) is 0 Å². The minimum absolute atomic E-state index is 0.122. The van der Waals surface area contributed by atoms with Gasteiger partial charge in [-0.3, -0.25) is 9.78 Å². The van der Waals surface area contributed by atoms with Gasteiger partial charge in [0.05, 0.1) is 5.39 Å². The zero-order valence-corrected chi connectivity index (χ0v) is 13.1. The van der Waals surface area contributed by atoms with Gasteiger partial charge >= 0.3 is 6.18 Å². The number of pyridine rings is 1. The number of fused-ring (bicyclic) bond motifs is 3. The lowest BCUT2D eigenvalue weighted by molar-refractivity contribution is -0.146. The van der Waals surface area contributed by atoms with Crippen molar-refractivity contribution in [2.75, 3.05) is 0 Å². The second kappa shape index (κ2) is 5.38. The first-order chi connectivity index (χ1) is 12.3. The molecular weight excluding hydrogens is 354 g/mol. The first kappa shape index (κ1) is 16.2. The predicted octanol–water partition coefficient (Wildman–Crippen LogP) is 3.90. The Morgan fingerprint density at radius 1 is 1.15 bits per heavy atom. The quantitative estimate of drug-likeness (QED) is 0.481. The summed E-state index contributed by atoms with van der Waals surface area (Å²) in [4.78, 5) is 19.7. The molecule has 0 aliphatic rings. The van der Waals surface area contributed by atoms with E-state index in [4.69, 9.17) is 4.42 Å². The highest BCUT2D eigenvalue weighted by molar-refractivity contribution is 6.01. The van der Waals surface area contributed by atoms with Crippen molar-refractivity contribution in [3.8, 4) is 11.3 Å². The SMILES string of the molecule is Cn1c(C(F)(F)F)nc2c3oc(-c4ccncc4)cc(=O)c3cc(F)c21. The molecule has 0 radical (unpaired) electrons. The van der Waals surface area contributed by atoms with Crippen LogP contribution in [0.15, 0.2) is 45.9 Å². The van der Waals surface area contributed by atoms with Crippen LogP contribution in [-0.4, -0.2) is 14.5 Å². The predicted molar refractivity (Wildman–Crippen MR) is 84.9 cm³/mol. The van der Waals surface area contributed by atoms with Crippen LogP contribution in [0.3, 0.4) is 0 Å². The van der Waals surface area contributed by atoms with E-state index in [2.05, 4.69) is 9.97 Å². The fourth-order valence-electron chi connectivity index (χ4n) is 2.85. The molecular formula is C17H9F4N3O2. The molecule has 4 rings (SSSR count). The Balaban J connectivity index is 2.14. The fourth-order valence-corrected chi connectivity index (χ4v) is 2.85. The molecule has 0 saturated heterocycles. The summed E-state index contributed by atoms with van der Waals surface area (Å²) in [5, 5.41) is -0.181. The third kappa shape index (κ3) is 2.35. The molecule has 0 aliphatic carbocycles. The number of aryl methyl sites for hydroxylation is 1. The Bertz CT molecular complexity index is 1210. The average Bonchev–Trinajstić information content (AvgIpc) is 2.95. The first-order valence-electron chi connectivity index (χ1n) is 7.38. The van der Waals surface area contributed by atoms with Gasteiger partial charge in [0, 0.05) is 31.1 Å². The maximum absolute atomic E-state index is 14.4. The molecule has 3 heterocycles. The zero-order valence-electron chi connectivity index (χ0n) is 13.1. The van der Waals surface area contributed by atoms with E-state index in [1.165, 1.54) is 12.4 Å². The van der Waals surface area contributed by atoms with Crippen LogP contribution in [0.5, 0.6) is 0 Å². The number of imidazole rings is 1. The van der Waals surface area contributed by atoms with E-state index in [1.54, 1.807) is 12.1 Å². The van der Waals surface area contributed by atoms with E-state index < -0.39 is 23.2 Å². The molecule has 9 heteroatoms. The van der Waals surface area contributed by atoms with Gasteiger partial charge < -0.3 is 8.98 Å². The number of rotatable bonds is 1. The highest BCUT2D eigenvalue weighted by atomic mass is 19.4. The maximum atomic E-state index is 14.4. The topological polar surface area (TPSA) is 60.9 Å². The van der Waals surface area contributed by atoms with Crippen LogP contribution in [0.1, 0.15) is 5.82 Å². The van der Waals surface area contributed by atoms with Crippen molar-refractivity contribution in [1.82, 2.24) is 14.5 Å². The van der Waals surface area contributed by atoms with Crippen LogP contribution >= 0.6 is 0 Å². The monoisotopic (exact) mass is 363 g/mol. The number of aromatic nitrogens is 3. The molecule has 3 aromatic heterocycles. The van der Waals surface area contributed by atoms with Crippen molar-refractivity contribution in [2.24, 2.45) is 7.05 Å². The number of nitrogens with zero attached hydrogens (tertiary/aromatic N) is 3. The molecule has 0 saturated carbocycles. The average molecular weight is 363 g/mol. The molecule has 5 nitrogen and oxygen atoms in total. The van der Waals surface area contributed by atoms with Crippen molar-refractivity contribution in [3.05, 3.63) is 58.5 Å². The largest absolute Gasteiger partial charge is 0.453 e. The van der Waals surface area contributed by atoms with Gasteiger partial charge in [0.25, 0.3) is 0 Å². The number of hydrogen-bond acceptors (Lipinski definition) is 4. The molecule has 0 atom stereocenters. The van der Waals surface area contributed by atoms with Gasteiger partial charge in [-0.25, -0.2) is 9.37 Å². The summed E-state index contributed by atoms with van der Waals surface area (Å²) in [6, 6.07) is 5.16. The summed E-state index contributed by atoms with van der Waals surface area (Å²) < 4.78 is 60.0. The number of benzene rings is 1. The summed E-state index contributed by atoms with van der Waals surface area (Å²) in [7, 11) is 1.05. The Morgan fingerprint density at radius 3 is 2.50 bits per heavy atom. The highest BCUT2D eigenvalue weighted by Crippen LogP contribution is 2.35. The van der Waals surface area contributed by atoms with Gasteiger partial charge in [-0.1, -0.05) is 0 Å². The lowest BCUT2D eigenvalue weighted by Crippen LogP contribution is -2.12. The molecule has 0 amide bonds. The Labute approximate surface area is 142 Å². The van der Waals surface area contributed by atoms with Gasteiger partial charge in [-0.05, 0) is 18.2 Å². The molecule has 0 fully saturated rings. The normalized spacial score (nSPS) is 12.2. The van der Waals surface area contributed by atoms with Crippen molar-refractivity contribution < 1.29 is 22.0 Å². The van der Waals surface area contributed by atoms with Crippen LogP contribution in [0.25, 0.3) is 33.3 Å². The van der Waals surface area contributed by atoms with Crippen LogP contribution in [-0.2, 0) is 13.2 Å². The Morgan fingerprint density at radius 2 is 1.85 bits per heavy atom. The minimum atomic E-state index is -4.78. The van der Waals surface area contributed by atoms with E-state index in [9.17, 15) is 22.4 Å². The number of alkyl halides is 3. The van der Waals surface area contributed by atoms with E-state index in [1.807, 2.05) is 0 Å². The smallest absolute Gasteiger partial charge is 0.449 e. The van der Waals surface area contributed by atoms with Crippen LogP contribution in [0.4, 0.5) is 17.6 Å². The minimum Gasteiger partial charge on any atom is -0.453 e. The molecule has 0 unspecified atom stereocenters. The number of halogens is 4. The summed E-state index contributed by atoms with van der Waals surface area (Å²) in [5.74, 6) is -2.14. The molecule has 132 valence electrons. The second-order valence-electron chi connectivity index (χ2n) is 5.64. The van der Waals surface area contributed by atoms with Gasteiger partial charge in [0.15, 0.2) is 11.0 Å². The molecule has 1 aromatic carbocycles. The molecule has 26 heavy (non-hydrogen) atoms. The van der Waals surface area contributed by atoms with Gasteiger partial charge in [-0.2, -0.15) is 13.2 Å². The third-order valence-electron chi connectivity index (χ3n) is 4.01. The highest BCUT2D eigenvalue weighted by Gasteiger charge is 2.38. The lowest BCUT2D eigenvalue weighted by Gasteiger charge is -2.06. The molecule has 4 aromatic rings. The zero-order chi connectivity index (χ0) is 18.6. The van der Waals surface area contributed by atoms with Crippen LogP contribution < -0.4 is 5.43 Å². The van der Waals surface area contributed by atoms with Crippen molar-refractivity contribution in [1.29, 1.82) is 0 Å². The van der Waals surface area contributed by atoms with Crippen molar-refractivity contribution >= 4 is 22.0 Å². The fraction of sp³-hybridized carbons (Fsp3) is 0.118. The first-order valence-corrected chi connectivity index (χ1v) is 7.38. The summed E-state index contributed by atoms with van der Waals surface area (Å²) in [6.07, 6.45) is -1.83.